The van der Waals surface area contributed by atoms with E-state index < -0.39 is 63.8 Å². The van der Waals surface area contributed by atoms with Gasteiger partial charge in [-0.3, -0.25) is 23.4 Å². The Morgan fingerprint density at radius 3 is 1.74 bits per heavy atom. The van der Waals surface area contributed by atoms with E-state index in [1.165, 1.54) is 0 Å². The normalized spacial score (nSPS) is 15.3. The molecule has 5 N–H and O–H groups in total. The molecule has 0 rings (SSSR count). The molecular weight excluding hydrogens is 749 g/mol. The van der Waals surface area contributed by atoms with Crippen LogP contribution in [0.1, 0.15) is 123 Å². The number of ether oxygens (including phenoxy) is 2. The molecule has 0 saturated heterocycles. The van der Waals surface area contributed by atoms with Crippen LogP contribution >= 0.6 is 7.82 Å². The highest BCUT2D eigenvalue weighted by atomic mass is 31.2. The molecule has 0 aromatic heterocycles. The third kappa shape index (κ3) is 37.7. The van der Waals surface area contributed by atoms with E-state index in [1.807, 2.05) is 37.3 Å². The Morgan fingerprint density at radius 1 is 0.632 bits per heavy atom. The van der Waals surface area contributed by atoms with Crippen molar-refractivity contribution in [1.82, 2.24) is 0 Å². The van der Waals surface area contributed by atoms with E-state index in [2.05, 4.69) is 72.2 Å². The summed E-state index contributed by atoms with van der Waals surface area (Å²) in [7, 11) is -4.75. The van der Waals surface area contributed by atoms with Crippen molar-refractivity contribution in [2.45, 2.75) is 141 Å². The van der Waals surface area contributed by atoms with Crippen molar-refractivity contribution in [3.05, 3.63) is 97.2 Å². The molecule has 0 aliphatic carbocycles. The van der Waals surface area contributed by atoms with E-state index in [0.29, 0.717) is 25.7 Å². The zero-order chi connectivity index (χ0) is 42.2. The second-order valence-corrected chi connectivity index (χ2v) is 14.7. The number of aliphatic carboxylic acids is 1. The zero-order valence-corrected chi connectivity index (χ0v) is 35.1. The maximum Gasteiger partial charge on any atom is 0.472 e. The summed E-state index contributed by atoms with van der Waals surface area (Å²) in [6.45, 7) is 2.24. The average Bonchev–Trinajstić information content (AvgIpc) is 3.19. The van der Waals surface area contributed by atoms with E-state index >= 15 is 0 Å². The topological polar surface area (TPSA) is 192 Å². The smallest absolute Gasteiger partial charge is 0.472 e. The fraction of sp³-hybridized carbons (Fsp3) is 0.568. The van der Waals surface area contributed by atoms with Crippen LogP contribution in [0.3, 0.4) is 0 Å². The van der Waals surface area contributed by atoms with Gasteiger partial charge >= 0.3 is 25.7 Å². The van der Waals surface area contributed by atoms with Crippen molar-refractivity contribution in [2.24, 2.45) is 5.73 Å². The second-order valence-electron chi connectivity index (χ2n) is 13.2. The molecule has 0 saturated carbocycles. The second kappa shape index (κ2) is 37.9. The molecule has 0 amide bonds. The number of hydrogen-bond acceptors (Lipinski definition) is 10. The van der Waals surface area contributed by atoms with Crippen LogP contribution in [0, 0.1) is 0 Å². The van der Waals surface area contributed by atoms with Gasteiger partial charge in [-0.15, -0.1) is 0 Å². The molecule has 0 bridgehead atoms. The summed E-state index contributed by atoms with van der Waals surface area (Å²) in [5.74, 6) is -2.52. The highest BCUT2D eigenvalue weighted by molar-refractivity contribution is 7.47. The van der Waals surface area contributed by atoms with Crippen molar-refractivity contribution >= 4 is 25.7 Å². The maximum atomic E-state index is 12.6. The molecule has 13 heteroatoms. The molecule has 0 aromatic carbocycles. The lowest BCUT2D eigenvalue weighted by Crippen LogP contribution is -2.34. The highest BCUT2D eigenvalue weighted by Crippen LogP contribution is 2.43. The summed E-state index contributed by atoms with van der Waals surface area (Å²) in [6, 6.07) is -1.54. The number of unbranched alkanes of at least 4 members (excludes halogenated alkanes) is 6. The average molecular weight is 820 g/mol. The van der Waals surface area contributed by atoms with Crippen LogP contribution in [-0.4, -0.2) is 71.1 Å². The molecule has 0 spiro atoms. The summed E-state index contributed by atoms with van der Waals surface area (Å²) in [5.41, 5.74) is 5.32. The van der Waals surface area contributed by atoms with Crippen LogP contribution in [0.25, 0.3) is 0 Å². The number of nitrogens with two attached hydrogens (primary N) is 1. The van der Waals surface area contributed by atoms with Crippen molar-refractivity contribution in [1.29, 1.82) is 0 Å². The first-order valence-corrected chi connectivity index (χ1v) is 21.9. The zero-order valence-electron chi connectivity index (χ0n) is 34.2. The lowest BCUT2D eigenvalue weighted by atomic mass is 10.1. The van der Waals surface area contributed by atoms with Crippen molar-refractivity contribution in [3.63, 3.8) is 0 Å². The van der Waals surface area contributed by atoms with Crippen LogP contribution in [-0.2, 0) is 37.5 Å². The van der Waals surface area contributed by atoms with Crippen molar-refractivity contribution in [3.8, 4) is 0 Å². The number of carbonyl (C=O) groups is 3. The fourth-order valence-corrected chi connectivity index (χ4v) is 5.43. The monoisotopic (exact) mass is 819 g/mol. The summed E-state index contributed by atoms with van der Waals surface area (Å²) in [4.78, 5) is 45.9. The number of aliphatic hydroxyl groups excluding tert-OH is 1. The van der Waals surface area contributed by atoms with Crippen molar-refractivity contribution in [2.75, 3.05) is 19.8 Å². The number of phosphoric ester groups is 1. The molecule has 0 aromatic rings. The molecule has 0 fully saturated rings. The number of phosphoric acid groups is 1. The highest BCUT2D eigenvalue weighted by Gasteiger charge is 2.28. The lowest BCUT2D eigenvalue weighted by Gasteiger charge is -2.20. The largest absolute Gasteiger partial charge is 0.480 e. The van der Waals surface area contributed by atoms with Crippen LogP contribution in [0.15, 0.2) is 97.2 Å². The summed E-state index contributed by atoms with van der Waals surface area (Å²) >= 11 is 0. The first-order valence-electron chi connectivity index (χ1n) is 20.4. The van der Waals surface area contributed by atoms with E-state index in [1.54, 1.807) is 6.08 Å². The molecule has 0 aliphatic heterocycles. The Hall–Kier alpha value is -3.64. The van der Waals surface area contributed by atoms with E-state index in [9.17, 15) is 28.9 Å². The number of carbonyl (C=O) groups excluding carboxylic acids is 2. The fourth-order valence-electron chi connectivity index (χ4n) is 4.65. The van der Waals surface area contributed by atoms with Gasteiger partial charge in [0, 0.05) is 12.8 Å². The minimum absolute atomic E-state index is 0.116. The van der Waals surface area contributed by atoms with E-state index in [0.717, 1.165) is 70.6 Å². The van der Waals surface area contributed by atoms with Gasteiger partial charge < -0.3 is 30.3 Å². The quantitative estimate of drug-likeness (QED) is 0.0154. The number of aliphatic hydroxyl groups is 1. The molecule has 4 atom stereocenters. The van der Waals surface area contributed by atoms with E-state index in [-0.39, 0.29) is 12.8 Å². The Labute approximate surface area is 341 Å². The summed E-state index contributed by atoms with van der Waals surface area (Å²) in [6.07, 6.45) is 44.3. The maximum absolute atomic E-state index is 12.6. The van der Waals surface area contributed by atoms with Crippen LogP contribution in [0.5, 0.6) is 0 Å². The Kier molecular flexibility index (Phi) is 35.5. The minimum atomic E-state index is -4.75. The number of hydrogen-bond donors (Lipinski definition) is 4. The molecule has 57 heavy (non-hydrogen) atoms. The molecule has 1 unspecified atom stereocenters. The molecular formula is C44H70NO11P. The van der Waals surface area contributed by atoms with Gasteiger partial charge in [-0.05, 0) is 77.0 Å². The van der Waals surface area contributed by atoms with Crippen LogP contribution < -0.4 is 5.73 Å². The molecule has 0 aliphatic rings. The first-order chi connectivity index (χ1) is 27.5. The number of carboxylic acids is 1. The van der Waals surface area contributed by atoms with E-state index in [4.69, 9.17) is 24.8 Å². The SMILES string of the molecule is CC/C=C\C/C=C\C/C=C\CCCCCCCC(=O)O[C@H](COC(=O)CCC/C=C\C/C=C\C/C=C\C/C=C\C=C\[C@@H](O)CC)COP(=O)(O)OC[C@H](N)C(=O)O. The van der Waals surface area contributed by atoms with Gasteiger partial charge in [-0.2, -0.15) is 0 Å². The number of rotatable bonds is 36. The molecule has 0 radical (unpaired) electrons. The predicted molar refractivity (Wildman–Crippen MR) is 227 cm³/mol. The third-order valence-electron chi connectivity index (χ3n) is 7.98. The van der Waals surface area contributed by atoms with Gasteiger partial charge in [0.2, 0.25) is 0 Å². The minimum Gasteiger partial charge on any atom is -0.480 e. The van der Waals surface area contributed by atoms with Gasteiger partial charge in [-0.1, -0.05) is 130 Å². The standard InChI is InChI=1S/C44H70NO11P/c1-3-5-6-7-8-9-10-11-12-17-20-23-26-29-32-35-43(48)56-40(37-54-57(51,52)55-38-41(45)44(49)50)36-53-42(47)34-31-28-25-22-19-16-14-13-15-18-21-24-27-30-33-39(46)4-2/h5-6,8-9,11-12,14-16,18,22,24-25,27,30,33,39-41,46H,3-4,7,10,13,17,19-21,23,26,28-29,31-32,34-38,45H2,1-2H3,(H,49,50)(H,51,52)/b6-5-,9-8-,12-11-,16-14-,18-15-,25-22-,27-24-,33-30+/t39-,40+,41-/m0/s1. The van der Waals surface area contributed by atoms with Gasteiger partial charge in [0.05, 0.1) is 19.3 Å². The van der Waals surface area contributed by atoms with Gasteiger partial charge in [0.1, 0.15) is 12.6 Å². The van der Waals surface area contributed by atoms with Gasteiger partial charge in [-0.25, -0.2) is 4.57 Å². The molecule has 12 nitrogen and oxygen atoms in total. The summed E-state index contributed by atoms with van der Waals surface area (Å²) in [5, 5.41) is 18.3. The first kappa shape index (κ1) is 53.4. The lowest BCUT2D eigenvalue weighted by molar-refractivity contribution is -0.161. The Morgan fingerprint density at radius 2 is 1.14 bits per heavy atom. The van der Waals surface area contributed by atoms with Crippen LogP contribution in [0.4, 0.5) is 0 Å². The molecule has 322 valence electrons. The number of carboxylic acid groups (broad SMARTS) is 1. The summed E-state index contributed by atoms with van der Waals surface area (Å²) < 4.78 is 32.5. The van der Waals surface area contributed by atoms with Gasteiger partial charge in [0.25, 0.3) is 0 Å². The van der Waals surface area contributed by atoms with Crippen molar-refractivity contribution < 1.29 is 52.6 Å². The Bertz CT molecular complexity index is 1350. The van der Waals surface area contributed by atoms with Crippen LogP contribution in [0.2, 0.25) is 0 Å². The number of esters is 2. The molecule has 0 heterocycles. The number of allylic oxidation sites excluding steroid dienone is 15. The third-order valence-corrected chi connectivity index (χ3v) is 8.94. The van der Waals surface area contributed by atoms with Gasteiger partial charge in [0.15, 0.2) is 6.10 Å². The Balaban J connectivity index is 4.56. The predicted octanol–water partition coefficient (Wildman–Crippen LogP) is 9.47.